The van der Waals surface area contributed by atoms with Gasteiger partial charge in [0.05, 0.1) is 11.3 Å². The van der Waals surface area contributed by atoms with Gasteiger partial charge in [0.25, 0.3) is 11.8 Å². The van der Waals surface area contributed by atoms with Crippen LogP contribution in [0.2, 0.25) is 0 Å². The van der Waals surface area contributed by atoms with Gasteiger partial charge in [-0.3, -0.25) is 9.59 Å². The van der Waals surface area contributed by atoms with Gasteiger partial charge < -0.3 is 25.8 Å². The van der Waals surface area contributed by atoms with E-state index >= 15 is 0 Å². The standard InChI is InChI=1S/C25H25N3O4/c1-25(2,3)16-6-4-15(5-7-16)23(29)28-20-12-17(26)8-10-19(20)24(30)27-18-9-11-21-22(13-18)32-14-31-21/h4-13H,14,26H2,1-3H3,(H,27,30)(H,28,29). The Morgan fingerprint density at radius 2 is 1.56 bits per heavy atom. The first kappa shape index (κ1) is 21.2. The van der Waals surface area contributed by atoms with Crippen molar-refractivity contribution in [2.75, 3.05) is 23.2 Å². The number of carbonyl (C=O) groups is 2. The van der Waals surface area contributed by atoms with E-state index < -0.39 is 0 Å². The van der Waals surface area contributed by atoms with E-state index in [1.807, 2.05) is 12.1 Å². The second-order valence-electron chi connectivity index (χ2n) is 8.61. The van der Waals surface area contributed by atoms with Crippen LogP contribution in [-0.4, -0.2) is 18.6 Å². The molecular weight excluding hydrogens is 406 g/mol. The van der Waals surface area contributed by atoms with E-state index in [-0.39, 0.29) is 29.6 Å². The summed E-state index contributed by atoms with van der Waals surface area (Å²) in [5, 5.41) is 5.63. The average molecular weight is 431 g/mol. The minimum Gasteiger partial charge on any atom is -0.454 e. The number of fused-ring (bicyclic) bond motifs is 1. The van der Waals surface area contributed by atoms with Crippen LogP contribution in [0.4, 0.5) is 17.1 Å². The summed E-state index contributed by atoms with van der Waals surface area (Å²) in [6.07, 6.45) is 0. The third-order valence-electron chi connectivity index (χ3n) is 5.18. The van der Waals surface area contributed by atoms with Gasteiger partial charge in [0, 0.05) is 23.0 Å². The highest BCUT2D eigenvalue weighted by molar-refractivity contribution is 6.13. The number of nitrogens with one attached hydrogen (secondary N) is 2. The number of nitrogen functional groups attached to an aromatic ring is 1. The first-order valence-electron chi connectivity index (χ1n) is 10.2. The Morgan fingerprint density at radius 3 is 2.28 bits per heavy atom. The number of carbonyl (C=O) groups excluding carboxylic acids is 2. The highest BCUT2D eigenvalue weighted by Gasteiger charge is 2.19. The van der Waals surface area contributed by atoms with Crippen LogP contribution in [0.5, 0.6) is 11.5 Å². The number of amides is 2. The summed E-state index contributed by atoms with van der Waals surface area (Å²) in [6, 6.07) is 17.3. The molecular formula is C25H25N3O4. The lowest BCUT2D eigenvalue weighted by molar-refractivity contribution is 0.102. The van der Waals surface area contributed by atoms with Gasteiger partial charge in [0.2, 0.25) is 6.79 Å². The lowest BCUT2D eigenvalue weighted by Crippen LogP contribution is -2.19. The molecule has 0 bridgehead atoms. The number of ether oxygens (including phenoxy) is 2. The number of hydrogen-bond donors (Lipinski definition) is 3. The normalized spacial score (nSPS) is 12.3. The second kappa shape index (κ2) is 8.26. The van der Waals surface area contributed by atoms with Crippen LogP contribution in [0.25, 0.3) is 0 Å². The van der Waals surface area contributed by atoms with Crippen LogP contribution in [0.1, 0.15) is 47.1 Å². The molecule has 0 aliphatic carbocycles. The molecule has 1 heterocycles. The van der Waals surface area contributed by atoms with E-state index in [1.165, 1.54) is 0 Å². The average Bonchev–Trinajstić information content (AvgIpc) is 3.21. The van der Waals surface area contributed by atoms with Crippen molar-refractivity contribution in [1.29, 1.82) is 0 Å². The number of anilines is 3. The third-order valence-corrected chi connectivity index (χ3v) is 5.18. The van der Waals surface area contributed by atoms with E-state index in [9.17, 15) is 9.59 Å². The zero-order chi connectivity index (χ0) is 22.9. The first-order chi connectivity index (χ1) is 15.2. The lowest BCUT2D eigenvalue weighted by atomic mass is 9.86. The fourth-order valence-electron chi connectivity index (χ4n) is 3.35. The van der Waals surface area contributed by atoms with Crippen molar-refractivity contribution in [1.82, 2.24) is 0 Å². The van der Waals surface area contributed by atoms with Crippen molar-refractivity contribution in [2.24, 2.45) is 0 Å². The molecule has 7 heteroatoms. The summed E-state index contributed by atoms with van der Waals surface area (Å²) in [4.78, 5) is 25.8. The number of nitrogens with two attached hydrogens (primary N) is 1. The summed E-state index contributed by atoms with van der Waals surface area (Å²) in [5.74, 6) is 0.476. The predicted octanol–water partition coefficient (Wildman–Crippen LogP) is 4.80. The molecule has 3 aromatic carbocycles. The van der Waals surface area contributed by atoms with E-state index in [0.717, 1.165) is 5.56 Å². The topological polar surface area (TPSA) is 103 Å². The van der Waals surface area contributed by atoms with Gasteiger partial charge in [-0.15, -0.1) is 0 Å². The monoisotopic (exact) mass is 431 g/mol. The summed E-state index contributed by atoms with van der Waals surface area (Å²) >= 11 is 0. The minimum absolute atomic E-state index is 0.0110. The lowest BCUT2D eigenvalue weighted by Gasteiger charge is -2.19. The molecule has 0 atom stereocenters. The molecule has 7 nitrogen and oxygen atoms in total. The largest absolute Gasteiger partial charge is 0.454 e. The Kier molecular flexibility index (Phi) is 5.48. The van der Waals surface area contributed by atoms with Gasteiger partial charge in [-0.05, 0) is 53.4 Å². The van der Waals surface area contributed by atoms with Crippen LogP contribution in [0, 0.1) is 0 Å². The molecule has 2 amide bonds. The second-order valence-corrected chi connectivity index (χ2v) is 8.61. The van der Waals surface area contributed by atoms with Crippen LogP contribution >= 0.6 is 0 Å². The summed E-state index contributed by atoms with van der Waals surface area (Å²) in [6.45, 7) is 6.48. The molecule has 0 unspecified atom stereocenters. The highest BCUT2D eigenvalue weighted by atomic mass is 16.7. The van der Waals surface area contributed by atoms with Crippen molar-refractivity contribution in [3.05, 3.63) is 77.4 Å². The van der Waals surface area contributed by atoms with Crippen molar-refractivity contribution >= 4 is 28.9 Å². The van der Waals surface area contributed by atoms with Crippen molar-refractivity contribution in [3.63, 3.8) is 0 Å². The van der Waals surface area contributed by atoms with Crippen LogP contribution in [0.15, 0.2) is 60.7 Å². The zero-order valence-electron chi connectivity index (χ0n) is 18.2. The van der Waals surface area contributed by atoms with Crippen molar-refractivity contribution in [2.45, 2.75) is 26.2 Å². The van der Waals surface area contributed by atoms with Crippen LogP contribution < -0.4 is 25.8 Å². The number of hydrogen-bond acceptors (Lipinski definition) is 5. The summed E-state index contributed by atoms with van der Waals surface area (Å²) in [7, 11) is 0. The third kappa shape index (κ3) is 4.51. The van der Waals surface area contributed by atoms with Crippen molar-refractivity contribution in [3.8, 4) is 11.5 Å². The van der Waals surface area contributed by atoms with Gasteiger partial charge >= 0.3 is 0 Å². The molecule has 3 aromatic rings. The van der Waals surface area contributed by atoms with Gasteiger partial charge in [-0.2, -0.15) is 0 Å². The highest BCUT2D eigenvalue weighted by Crippen LogP contribution is 2.34. The summed E-state index contributed by atoms with van der Waals surface area (Å²) < 4.78 is 10.6. The summed E-state index contributed by atoms with van der Waals surface area (Å²) in [5.41, 5.74) is 9.11. The Balaban J connectivity index is 1.54. The molecule has 4 rings (SSSR count). The Morgan fingerprint density at radius 1 is 0.844 bits per heavy atom. The molecule has 4 N–H and O–H groups in total. The Labute approximate surface area is 186 Å². The van der Waals surface area contributed by atoms with Gasteiger partial charge in [-0.25, -0.2) is 0 Å². The smallest absolute Gasteiger partial charge is 0.257 e. The van der Waals surface area contributed by atoms with Crippen LogP contribution in [0.3, 0.4) is 0 Å². The molecule has 0 aromatic heterocycles. The molecule has 0 radical (unpaired) electrons. The molecule has 1 aliphatic rings. The minimum atomic E-state index is -0.387. The molecule has 164 valence electrons. The molecule has 0 saturated heterocycles. The fourth-order valence-corrected chi connectivity index (χ4v) is 3.35. The molecule has 0 spiro atoms. The first-order valence-corrected chi connectivity index (χ1v) is 10.2. The quantitative estimate of drug-likeness (QED) is 0.515. The zero-order valence-corrected chi connectivity index (χ0v) is 18.2. The SMILES string of the molecule is CC(C)(C)c1ccc(C(=O)Nc2cc(N)ccc2C(=O)Nc2ccc3c(c2)OCO3)cc1. The van der Waals surface area contributed by atoms with Gasteiger partial charge in [0.15, 0.2) is 11.5 Å². The number of benzene rings is 3. The van der Waals surface area contributed by atoms with Gasteiger partial charge in [-0.1, -0.05) is 32.9 Å². The maximum absolute atomic E-state index is 12.9. The van der Waals surface area contributed by atoms with Crippen molar-refractivity contribution < 1.29 is 19.1 Å². The maximum atomic E-state index is 12.9. The Bertz CT molecular complexity index is 1180. The van der Waals surface area contributed by atoms with E-state index in [1.54, 1.807) is 48.5 Å². The maximum Gasteiger partial charge on any atom is 0.257 e. The van der Waals surface area contributed by atoms with E-state index in [2.05, 4.69) is 31.4 Å². The molecule has 32 heavy (non-hydrogen) atoms. The van der Waals surface area contributed by atoms with Crippen LogP contribution in [-0.2, 0) is 5.41 Å². The fraction of sp³-hybridized carbons (Fsp3) is 0.200. The van der Waals surface area contributed by atoms with Gasteiger partial charge in [0.1, 0.15) is 0 Å². The predicted molar refractivity (Wildman–Crippen MR) is 124 cm³/mol. The molecule has 0 saturated carbocycles. The van der Waals surface area contributed by atoms with E-state index in [0.29, 0.717) is 34.1 Å². The Hall–Kier alpha value is -4.00. The van der Waals surface area contributed by atoms with E-state index in [4.69, 9.17) is 15.2 Å². The molecule has 0 fully saturated rings. The molecule has 1 aliphatic heterocycles. The number of rotatable bonds is 4.